The lowest BCUT2D eigenvalue weighted by molar-refractivity contribution is -0.384. The van der Waals surface area contributed by atoms with E-state index in [-0.39, 0.29) is 35.0 Å². The van der Waals surface area contributed by atoms with Crippen LogP contribution in [0.3, 0.4) is 0 Å². The lowest BCUT2D eigenvalue weighted by Gasteiger charge is -2.36. The first-order chi connectivity index (χ1) is 17.6. The number of nitrogens with zero attached hydrogens (tertiary/aromatic N) is 3. The van der Waals surface area contributed by atoms with E-state index >= 15 is 0 Å². The molecule has 0 bridgehead atoms. The minimum Gasteiger partial charge on any atom is -0.292 e. The van der Waals surface area contributed by atoms with Gasteiger partial charge in [0.15, 0.2) is 5.78 Å². The largest absolute Gasteiger partial charge is 0.292 e. The van der Waals surface area contributed by atoms with E-state index in [4.69, 9.17) is 11.6 Å². The van der Waals surface area contributed by atoms with Crippen molar-refractivity contribution in [1.29, 1.82) is 0 Å². The number of fused-ring (bicyclic) bond motifs is 1. The van der Waals surface area contributed by atoms with Crippen LogP contribution in [0.4, 0.5) is 10.1 Å². The third-order valence-corrected chi connectivity index (χ3v) is 7.24. The number of ketones is 1. The minimum atomic E-state index is -1.35. The number of alkyl halides is 1. The number of hydrazine groups is 1. The van der Waals surface area contributed by atoms with Crippen molar-refractivity contribution in [1.82, 2.24) is 10.0 Å². The molecule has 0 spiro atoms. The van der Waals surface area contributed by atoms with E-state index in [1.165, 1.54) is 24.3 Å². The van der Waals surface area contributed by atoms with Crippen molar-refractivity contribution in [2.24, 2.45) is 17.8 Å². The maximum absolute atomic E-state index is 13.8. The number of nitro groups is 1. The number of nitro benzene ring substituents is 1. The van der Waals surface area contributed by atoms with Gasteiger partial charge in [-0.1, -0.05) is 6.92 Å². The third kappa shape index (κ3) is 5.11. The fourth-order valence-electron chi connectivity index (χ4n) is 5.09. The van der Waals surface area contributed by atoms with E-state index in [0.717, 1.165) is 40.7 Å². The second-order valence-corrected chi connectivity index (χ2v) is 9.82. The average molecular weight is 530 g/mol. The summed E-state index contributed by atoms with van der Waals surface area (Å²) in [4.78, 5) is 64.9. The highest BCUT2D eigenvalue weighted by Crippen LogP contribution is 2.42. The predicted octanol–water partition coefficient (Wildman–Crippen LogP) is 4.39. The monoisotopic (exact) mass is 529 g/mol. The molecule has 2 aromatic rings. The summed E-state index contributed by atoms with van der Waals surface area (Å²) in [5.41, 5.74) is -0.236. The van der Waals surface area contributed by atoms with Crippen LogP contribution in [-0.2, 0) is 9.59 Å². The lowest BCUT2D eigenvalue weighted by Crippen LogP contribution is -2.57. The normalized spacial score (nSPS) is 21.9. The first-order valence-corrected chi connectivity index (χ1v) is 12.5. The highest BCUT2D eigenvalue weighted by molar-refractivity contribution is 6.18. The molecule has 0 aromatic heterocycles. The molecule has 2 aliphatic rings. The number of benzene rings is 2. The summed E-state index contributed by atoms with van der Waals surface area (Å²) in [7, 11) is 0. The van der Waals surface area contributed by atoms with E-state index in [2.05, 4.69) is 0 Å². The zero-order valence-electron chi connectivity index (χ0n) is 20.0. The summed E-state index contributed by atoms with van der Waals surface area (Å²) < 4.78 is 13.5. The van der Waals surface area contributed by atoms with Gasteiger partial charge in [-0.2, -0.15) is 5.01 Å². The van der Waals surface area contributed by atoms with Crippen molar-refractivity contribution in [3.05, 3.63) is 75.6 Å². The van der Waals surface area contributed by atoms with Crippen LogP contribution in [0.1, 0.15) is 53.3 Å². The molecular weight excluding hydrogens is 505 g/mol. The van der Waals surface area contributed by atoms with Gasteiger partial charge >= 0.3 is 0 Å². The molecule has 1 aliphatic carbocycles. The average Bonchev–Trinajstić information content (AvgIpc) is 3.12. The maximum Gasteiger partial charge on any atom is 0.273 e. The maximum atomic E-state index is 13.8. The van der Waals surface area contributed by atoms with Crippen molar-refractivity contribution in [2.45, 2.75) is 38.6 Å². The van der Waals surface area contributed by atoms with Gasteiger partial charge in [0.05, 0.1) is 16.8 Å². The topological polar surface area (TPSA) is 118 Å². The van der Waals surface area contributed by atoms with Gasteiger partial charge in [0.25, 0.3) is 23.4 Å². The molecule has 3 amide bonds. The fraction of sp³-hybridized carbons (Fsp3) is 0.385. The summed E-state index contributed by atoms with van der Waals surface area (Å²) in [6, 6.07) is 7.99. The van der Waals surface area contributed by atoms with Crippen LogP contribution >= 0.6 is 11.6 Å². The summed E-state index contributed by atoms with van der Waals surface area (Å²) in [5.74, 6) is -4.25. The van der Waals surface area contributed by atoms with Crippen molar-refractivity contribution in [3.63, 3.8) is 0 Å². The molecule has 194 valence electrons. The highest BCUT2D eigenvalue weighted by Gasteiger charge is 2.54. The quantitative estimate of drug-likeness (QED) is 0.164. The van der Waals surface area contributed by atoms with Crippen LogP contribution in [-0.4, -0.2) is 50.4 Å². The Hall–Kier alpha value is -3.66. The lowest BCUT2D eigenvalue weighted by atomic mass is 9.76. The molecule has 2 aromatic carbocycles. The number of non-ortho nitro benzene ring substituents is 1. The van der Waals surface area contributed by atoms with E-state index < -0.39 is 52.1 Å². The summed E-state index contributed by atoms with van der Waals surface area (Å²) in [6.07, 6.45) is 1.62. The van der Waals surface area contributed by atoms with Gasteiger partial charge in [-0.15, -0.1) is 11.6 Å². The molecule has 4 atom stereocenters. The molecular formula is C26H25ClFN3O6. The third-order valence-electron chi connectivity index (χ3n) is 7.02. The van der Waals surface area contributed by atoms with Crippen LogP contribution in [0, 0.1) is 33.7 Å². The molecule has 0 unspecified atom stereocenters. The Morgan fingerprint density at radius 2 is 1.65 bits per heavy atom. The Morgan fingerprint density at radius 1 is 1.05 bits per heavy atom. The van der Waals surface area contributed by atoms with Gasteiger partial charge in [-0.05, 0) is 68.0 Å². The van der Waals surface area contributed by atoms with Crippen LogP contribution in [0.5, 0.6) is 0 Å². The molecule has 9 nitrogen and oxygen atoms in total. The van der Waals surface area contributed by atoms with Crippen LogP contribution in [0.15, 0.2) is 48.5 Å². The SMILES string of the molecule is C[C@@H]1CC[C@@H]2C(=O)N(N(C(=O)c3ccc([N+](=O)[O-])cc3)[C@@H](CCCl)C(=O)c3ccc(F)cc3)C(=O)[C@@H]2C1. The molecule has 1 saturated heterocycles. The number of hydrogen-bond donors (Lipinski definition) is 0. The van der Waals surface area contributed by atoms with Gasteiger partial charge in [-0.25, -0.2) is 9.40 Å². The molecule has 2 fully saturated rings. The zero-order valence-corrected chi connectivity index (χ0v) is 20.8. The molecule has 0 radical (unpaired) electrons. The number of imide groups is 1. The Morgan fingerprint density at radius 3 is 2.24 bits per heavy atom. The minimum absolute atomic E-state index is 0.0547. The first-order valence-electron chi connectivity index (χ1n) is 12.0. The standard InChI is InChI=1S/C26H25ClFN3O6/c1-15-2-11-20-21(14-15)26(35)30(25(20)34)29(24(33)17-5-9-19(10-6-17)31(36)37)22(12-13-27)23(32)16-3-7-18(28)8-4-16/h3-10,15,20-22H,2,11-14H2,1H3/t15-,20+,21-,22+/m1/s1. The number of carbonyl (C=O) groups excluding carboxylic acids is 4. The smallest absolute Gasteiger partial charge is 0.273 e. The predicted molar refractivity (Wildman–Crippen MR) is 131 cm³/mol. The molecule has 1 saturated carbocycles. The second kappa shape index (κ2) is 10.8. The zero-order chi connectivity index (χ0) is 26.9. The molecule has 4 rings (SSSR count). The Kier molecular flexibility index (Phi) is 7.68. The molecule has 1 heterocycles. The van der Waals surface area contributed by atoms with Gasteiger partial charge in [-0.3, -0.25) is 29.3 Å². The van der Waals surface area contributed by atoms with Crippen LogP contribution < -0.4 is 0 Å². The molecule has 1 aliphatic heterocycles. The number of hydrogen-bond acceptors (Lipinski definition) is 6. The second-order valence-electron chi connectivity index (χ2n) is 9.44. The van der Waals surface area contributed by atoms with E-state index in [0.29, 0.717) is 12.8 Å². The van der Waals surface area contributed by atoms with E-state index in [1.54, 1.807) is 0 Å². The number of carbonyl (C=O) groups is 4. The van der Waals surface area contributed by atoms with Gasteiger partial charge < -0.3 is 0 Å². The number of rotatable bonds is 8. The first kappa shape index (κ1) is 26.4. The Bertz CT molecular complexity index is 1240. The van der Waals surface area contributed by atoms with Crippen LogP contribution in [0.2, 0.25) is 0 Å². The van der Waals surface area contributed by atoms with Crippen molar-refractivity contribution in [3.8, 4) is 0 Å². The van der Waals surface area contributed by atoms with Gasteiger partial charge in [0.2, 0.25) is 0 Å². The Balaban J connectivity index is 1.80. The summed E-state index contributed by atoms with van der Waals surface area (Å²) in [5, 5.41) is 12.7. The van der Waals surface area contributed by atoms with Crippen LogP contribution in [0.25, 0.3) is 0 Å². The molecule has 0 N–H and O–H groups in total. The molecule has 11 heteroatoms. The fourth-order valence-corrected chi connectivity index (χ4v) is 5.30. The molecule has 37 heavy (non-hydrogen) atoms. The van der Waals surface area contributed by atoms with Crippen molar-refractivity contribution in [2.75, 3.05) is 5.88 Å². The van der Waals surface area contributed by atoms with Gasteiger partial charge in [0.1, 0.15) is 11.9 Å². The number of amides is 3. The van der Waals surface area contributed by atoms with E-state index in [1.807, 2.05) is 6.92 Å². The Labute approximate surface area is 217 Å². The van der Waals surface area contributed by atoms with Gasteiger partial charge in [0, 0.05) is 29.1 Å². The highest BCUT2D eigenvalue weighted by atomic mass is 35.5. The summed E-state index contributed by atoms with van der Waals surface area (Å²) >= 11 is 6.01. The number of Topliss-reactive ketones (excluding diaryl/α,β-unsaturated/α-hetero) is 1. The van der Waals surface area contributed by atoms with Crippen molar-refractivity contribution < 1.29 is 28.5 Å². The summed E-state index contributed by atoms with van der Waals surface area (Å²) in [6.45, 7) is 1.99. The van der Waals surface area contributed by atoms with Crippen molar-refractivity contribution >= 4 is 40.8 Å². The van der Waals surface area contributed by atoms with E-state index in [9.17, 15) is 33.7 Å². The number of halogens is 2.